The lowest BCUT2D eigenvalue weighted by molar-refractivity contribution is 0.0387. The number of ether oxygens (including phenoxy) is 2. The number of carbonyl (C=O) groups is 2. The number of amides is 1. The predicted octanol–water partition coefficient (Wildman–Crippen LogP) is 3.68. The summed E-state index contributed by atoms with van der Waals surface area (Å²) in [6.45, 7) is 4.65. The van der Waals surface area contributed by atoms with Crippen molar-refractivity contribution in [3.8, 4) is 0 Å². The fraction of sp³-hybridized carbons (Fsp3) is 0.478. The minimum absolute atomic E-state index is 0.0195. The average Bonchev–Trinajstić information content (AvgIpc) is 3.32. The van der Waals surface area contributed by atoms with Crippen molar-refractivity contribution >= 4 is 11.9 Å². The highest BCUT2D eigenvalue weighted by Gasteiger charge is 2.36. The third-order valence-electron chi connectivity index (χ3n) is 5.92. The zero-order valence-corrected chi connectivity index (χ0v) is 17.5. The van der Waals surface area contributed by atoms with Crippen LogP contribution in [0.1, 0.15) is 63.4 Å². The molecule has 1 aromatic heterocycles. The van der Waals surface area contributed by atoms with E-state index in [1.54, 1.807) is 21.0 Å². The Kier molecular flexibility index (Phi) is 6.75. The van der Waals surface area contributed by atoms with E-state index in [4.69, 9.17) is 9.47 Å². The molecule has 0 bridgehead atoms. The van der Waals surface area contributed by atoms with Crippen LogP contribution in [0.3, 0.4) is 0 Å². The molecule has 6 heteroatoms. The number of nitrogens with one attached hydrogen (secondary N) is 2. The van der Waals surface area contributed by atoms with Crippen molar-refractivity contribution in [3.63, 3.8) is 0 Å². The lowest BCUT2D eigenvalue weighted by Crippen LogP contribution is -2.39. The minimum atomic E-state index is -0.441. The van der Waals surface area contributed by atoms with Crippen LogP contribution >= 0.6 is 0 Å². The van der Waals surface area contributed by atoms with Crippen molar-refractivity contribution in [3.05, 3.63) is 58.4 Å². The number of aromatic amines is 1. The summed E-state index contributed by atoms with van der Waals surface area (Å²) in [6, 6.07) is 10.4. The van der Waals surface area contributed by atoms with Gasteiger partial charge in [-0.25, -0.2) is 4.79 Å². The molecular formula is C23H30N2O4. The van der Waals surface area contributed by atoms with E-state index in [2.05, 4.69) is 34.6 Å². The highest BCUT2D eigenvalue weighted by molar-refractivity contribution is 6.00. The summed E-state index contributed by atoms with van der Waals surface area (Å²) in [4.78, 5) is 28.4. The van der Waals surface area contributed by atoms with Gasteiger partial charge in [-0.15, -0.1) is 0 Å². The van der Waals surface area contributed by atoms with Crippen LogP contribution in [-0.2, 0) is 14.9 Å². The van der Waals surface area contributed by atoms with Crippen LogP contribution in [0.15, 0.2) is 30.3 Å². The van der Waals surface area contributed by atoms with Crippen molar-refractivity contribution in [2.24, 2.45) is 0 Å². The fourth-order valence-electron chi connectivity index (χ4n) is 4.32. The molecular weight excluding hydrogens is 368 g/mol. The van der Waals surface area contributed by atoms with Crippen LogP contribution in [0, 0.1) is 13.8 Å². The lowest BCUT2D eigenvalue weighted by Gasteiger charge is -2.30. The Morgan fingerprint density at radius 1 is 1.10 bits per heavy atom. The van der Waals surface area contributed by atoms with Gasteiger partial charge in [0.2, 0.25) is 0 Å². The van der Waals surface area contributed by atoms with E-state index in [0.717, 1.165) is 12.8 Å². The Labute approximate surface area is 172 Å². The van der Waals surface area contributed by atoms with Crippen LogP contribution in [0.25, 0.3) is 0 Å². The molecule has 3 rings (SSSR count). The van der Waals surface area contributed by atoms with Crippen LogP contribution < -0.4 is 5.32 Å². The quantitative estimate of drug-likeness (QED) is 0.525. The second kappa shape index (κ2) is 9.27. The normalized spacial score (nSPS) is 15.3. The SMILES string of the molecule is COCCOC(=O)c1c(C)[nH]c(C(=O)NCC2(c3ccccc3)CCCC2)c1C. The molecule has 1 aliphatic carbocycles. The Morgan fingerprint density at radius 3 is 2.45 bits per heavy atom. The van der Waals surface area contributed by atoms with E-state index < -0.39 is 5.97 Å². The van der Waals surface area contributed by atoms with Gasteiger partial charge in [-0.3, -0.25) is 4.79 Å². The number of esters is 1. The maximum atomic E-state index is 12.9. The maximum absolute atomic E-state index is 12.9. The molecule has 1 heterocycles. The van der Waals surface area contributed by atoms with Crippen molar-refractivity contribution in [2.45, 2.75) is 44.9 Å². The zero-order chi connectivity index (χ0) is 20.9. The molecule has 1 amide bonds. The molecule has 0 aliphatic heterocycles. The zero-order valence-electron chi connectivity index (χ0n) is 17.5. The Balaban J connectivity index is 1.72. The summed E-state index contributed by atoms with van der Waals surface area (Å²) in [5.41, 5.74) is 3.34. The lowest BCUT2D eigenvalue weighted by atomic mass is 9.79. The molecule has 1 saturated carbocycles. The Bertz CT molecular complexity index is 851. The molecule has 0 saturated heterocycles. The standard InChI is InChI=1S/C23H30N2O4/c1-16-19(22(27)29-14-13-28-3)17(2)25-20(16)21(26)24-15-23(11-7-8-12-23)18-9-5-4-6-10-18/h4-6,9-10,25H,7-8,11-15H2,1-3H3,(H,24,26). The molecule has 0 atom stereocenters. The van der Waals surface area contributed by atoms with Crippen LogP contribution in [0.2, 0.25) is 0 Å². The van der Waals surface area contributed by atoms with E-state index in [-0.39, 0.29) is 17.9 Å². The van der Waals surface area contributed by atoms with Crippen molar-refractivity contribution in [1.29, 1.82) is 0 Å². The first kappa shape index (κ1) is 21.1. The summed E-state index contributed by atoms with van der Waals surface area (Å²) in [7, 11) is 1.55. The maximum Gasteiger partial charge on any atom is 0.340 e. The van der Waals surface area contributed by atoms with E-state index in [1.807, 2.05) is 6.07 Å². The molecule has 1 aliphatic rings. The van der Waals surface area contributed by atoms with E-state index in [0.29, 0.717) is 35.7 Å². The van der Waals surface area contributed by atoms with Gasteiger partial charge in [0.25, 0.3) is 5.91 Å². The van der Waals surface area contributed by atoms with Gasteiger partial charge in [-0.2, -0.15) is 0 Å². The highest BCUT2D eigenvalue weighted by atomic mass is 16.6. The molecule has 0 radical (unpaired) electrons. The third-order valence-corrected chi connectivity index (χ3v) is 5.92. The van der Waals surface area contributed by atoms with Gasteiger partial charge in [-0.05, 0) is 37.8 Å². The molecule has 29 heavy (non-hydrogen) atoms. The van der Waals surface area contributed by atoms with Gasteiger partial charge < -0.3 is 19.8 Å². The number of aryl methyl sites for hydroxylation is 1. The molecule has 0 unspecified atom stereocenters. The summed E-state index contributed by atoms with van der Waals surface area (Å²) in [6.07, 6.45) is 4.47. The third kappa shape index (κ3) is 4.53. The van der Waals surface area contributed by atoms with E-state index >= 15 is 0 Å². The molecule has 0 spiro atoms. The molecule has 2 aromatic rings. The van der Waals surface area contributed by atoms with Crippen LogP contribution in [-0.4, -0.2) is 43.7 Å². The summed E-state index contributed by atoms with van der Waals surface area (Å²) in [5, 5.41) is 3.11. The number of hydrogen-bond donors (Lipinski definition) is 2. The average molecular weight is 399 g/mol. The number of rotatable bonds is 8. The van der Waals surface area contributed by atoms with Crippen molar-refractivity contribution in [1.82, 2.24) is 10.3 Å². The minimum Gasteiger partial charge on any atom is -0.460 e. The number of carbonyl (C=O) groups excluding carboxylic acids is 2. The van der Waals surface area contributed by atoms with Gasteiger partial charge in [0, 0.05) is 24.8 Å². The Morgan fingerprint density at radius 2 is 1.79 bits per heavy atom. The molecule has 2 N–H and O–H groups in total. The first-order chi connectivity index (χ1) is 14.0. The second-order valence-corrected chi connectivity index (χ2v) is 7.79. The molecule has 156 valence electrons. The van der Waals surface area contributed by atoms with Gasteiger partial charge in [0.1, 0.15) is 12.3 Å². The van der Waals surface area contributed by atoms with Crippen LogP contribution in [0.4, 0.5) is 0 Å². The van der Waals surface area contributed by atoms with E-state index in [9.17, 15) is 9.59 Å². The smallest absolute Gasteiger partial charge is 0.340 e. The number of benzene rings is 1. The summed E-state index contributed by atoms with van der Waals surface area (Å²) < 4.78 is 10.1. The number of aromatic nitrogens is 1. The van der Waals surface area contributed by atoms with Gasteiger partial charge >= 0.3 is 5.97 Å². The van der Waals surface area contributed by atoms with Gasteiger partial charge in [-0.1, -0.05) is 43.2 Å². The van der Waals surface area contributed by atoms with Crippen molar-refractivity contribution < 1.29 is 19.1 Å². The second-order valence-electron chi connectivity index (χ2n) is 7.79. The van der Waals surface area contributed by atoms with E-state index in [1.165, 1.54) is 18.4 Å². The summed E-state index contributed by atoms with van der Waals surface area (Å²) in [5.74, 6) is -0.632. The summed E-state index contributed by atoms with van der Waals surface area (Å²) >= 11 is 0. The van der Waals surface area contributed by atoms with Crippen LogP contribution in [0.5, 0.6) is 0 Å². The predicted molar refractivity (Wildman–Crippen MR) is 111 cm³/mol. The fourth-order valence-corrected chi connectivity index (χ4v) is 4.32. The first-order valence-corrected chi connectivity index (χ1v) is 10.2. The molecule has 6 nitrogen and oxygen atoms in total. The first-order valence-electron chi connectivity index (χ1n) is 10.2. The largest absolute Gasteiger partial charge is 0.460 e. The van der Waals surface area contributed by atoms with Gasteiger partial charge in [0.05, 0.1) is 12.2 Å². The Hall–Kier alpha value is -2.60. The van der Waals surface area contributed by atoms with Gasteiger partial charge in [0.15, 0.2) is 0 Å². The molecule has 1 aromatic carbocycles. The number of H-pyrrole nitrogens is 1. The monoisotopic (exact) mass is 398 g/mol. The highest BCUT2D eigenvalue weighted by Crippen LogP contribution is 2.40. The molecule has 1 fully saturated rings. The topological polar surface area (TPSA) is 80.4 Å². The van der Waals surface area contributed by atoms with Crippen molar-refractivity contribution in [2.75, 3.05) is 26.9 Å². The number of hydrogen-bond acceptors (Lipinski definition) is 4. The number of methoxy groups -OCH3 is 1.